The summed E-state index contributed by atoms with van der Waals surface area (Å²) in [6.07, 6.45) is 0.705. The van der Waals surface area contributed by atoms with Crippen LogP contribution in [-0.2, 0) is 0 Å². The Kier molecular flexibility index (Phi) is 4.35. The average Bonchev–Trinajstić information content (AvgIpc) is 2.56. The monoisotopic (exact) mass is 337 g/mol. The highest BCUT2D eigenvalue weighted by Gasteiger charge is 2.13. The van der Waals surface area contributed by atoms with Gasteiger partial charge in [0.15, 0.2) is 6.10 Å². The molecule has 3 N–H and O–H groups in total. The fraction of sp³-hybridized carbons (Fsp3) is 0.167. The largest absolute Gasteiger partial charge is 0.474 e. The van der Waals surface area contributed by atoms with Gasteiger partial charge in [0.2, 0.25) is 0 Å². The highest BCUT2D eigenvalue weighted by atomic mass is 19.1. The van der Waals surface area contributed by atoms with E-state index in [0.29, 0.717) is 22.7 Å². The number of benzene rings is 2. The Morgan fingerprint density at radius 1 is 1.28 bits per heavy atom. The fourth-order valence-electron chi connectivity index (χ4n) is 2.56. The van der Waals surface area contributed by atoms with Gasteiger partial charge in [-0.2, -0.15) is 5.26 Å². The number of nitrogens with two attached hydrogens (primary N) is 1. The zero-order valence-electron chi connectivity index (χ0n) is 13.7. The van der Waals surface area contributed by atoms with E-state index in [9.17, 15) is 4.39 Å². The summed E-state index contributed by atoms with van der Waals surface area (Å²) >= 11 is 0. The summed E-state index contributed by atoms with van der Waals surface area (Å²) in [6.45, 7) is 3.49. The minimum atomic E-state index is -0.717. The van der Waals surface area contributed by atoms with Crippen LogP contribution in [0.5, 0.6) is 5.75 Å². The maximum Gasteiger partial charge on any atom is 0.181 e. The molecular formula is C18H16FN5O. The molecule has 25 heavy (non-hydrogen) atoms. The van der Waals surface area contributed by atoms with Gasteiger partial charge < -0.3 is 15.8 Å². The number of ether oxygens (including phenoxy) is 1. The molecule has 0 saturated heterocycles. The van der Waals surface area contributed by atoms with Gasteiger partial charge in [0, 0.05) is 17.1 Å². The van der Waals surface area contributed by atoms with Gasteiger partial charge in [-0.05, 0) is 43.7 Å². The molecule has 0 spiro atoms. The molecule has 0 saturated carbocycles. The normalized spacial score (nSPS) is 11.8. The molecule has 1 unspecified atom stereocenters. The van der Waals surface area contributed by atoms with Crippen LogP contribution in [0.2, 0.25) is 0 Å². The van der Waals surface area contributed by atoms with E-state index in [4.69, 9.17) is 15.7 Å². The Balaban J connectivity index is 2.07. The van der Waals surface area contributed by atoms with Crippen molar-refractivity contribution in [3.8, 4) is 11.8 Å². The smallest absolute Gasteiger partial charge is 0.181 e. The van der Waals surface area contributed by atoms with Crippen molar-refractivity contribution in [3.63, 3.8) is 0 Å². The molecule has 1 atom stereocenters. The molecule has 0 amide bonds. The summed E-state index contributed by atoms with van der Waals surface area (Å²) in [7, 11) is 0. The van der Waals surface area contributed by atoms with Crippen molar-refractivity contribution < 1.29 is 9.13 Å². The molecule has 7 heteroatoms. The molecule has 2 aromatic carbocycles. The number of aryl methyl sites for hydroxylation is 1. The lowest BCUT2D eigenvalue weighted by Crippen LogP contribution is -2.10. The molecule has 3 aromatic rings. The van der Waals surface area contributed by atoms with Gasteiger partial charge in [0.05, 0.1) is 11.2 Å². The predicted octanol–water partition coefficient (Wildman–Crippen LogP) is 3.69. The van der Waals surface area contributed by atoms with E-state index in [1.807, 2.05) is 19.1 Å². The summed E-state index contributed by atoms with van der Waals surface area (Å²) < 4.78 is 19.1. The molecule has 126 valence electrons. The highest BCUT2D eigenvalue weighted by molar-refractivity contribution is 5.95. The van der Waals surface area contributed by atoms with Crippen LogP contribution in [0, 0.1) is 24.1 Å². The lowest BCUT2D eigenvalue weighted by molar-refractivity contribution is 0.276. The maximum absolute atomic E-state index is 13.6. The molecule has 0 aliphatic carbocycles. The van der Waals surface area contributed by atoms with Gasteiger partial charge in [0.1, 0.15) is 29.8 Å². The van der Waals surface area contributed by atoms with Crippen molar-refractivity contribution in [1.29, 1.82) is 5.26 Å². The third-order valence-electron chi connectivity index (χ3n) is 3.64. The number of fused-ring (bicyclic) bond motifs is 1. The van der Waals surface area contributed by atoms with Gasteiger partial charge in [-0.25, -0.2) is 14.4 Å². The topological polar surface area (TPSA) is 96.8 Å². The number of nitrogen functional groups attached to an aromatic ring is 1. The third-order valence-corrected chi connectivity index (χ3v) is 3.64. The van der Waals surface area contributed by atoms with Gasteiger partial charge >= 0.3 is 0 Å². The first-order chi connectivity index (χ1) is 12.0. The number of nitrogens with one attached hydrogen (secondary N) is 1. The molecular weight excluding hydrogens is 321 g/mol. The van der Waals surface area contributed by atoms with Crippen molar-refractivity contribution in [2.75, 3.05) is 11.1 Å². The number of rotatable bonds is 4. The minimum Gasteiger partial charge on any atom is -0.474 e. The number of hydrogen-bond acceptors (Lipinski definition) is 6. The van der Waals surface area contributed by atoms with Crippen molar-refractivity contribution in [1.82, 2.24) is 9.97 Å². The number of halogens is 1. The number of anilines is 3. The number of aromatic nitrogens is 2. The van der Waals surface area contributed by atoms with E-state index in [-0.39, 0.29) is 5.75 Å². The van der Waals surface area contributed by atoms with Crippen LogP contribution >= 0.6 is 0 Å². The summed E-state index contributed by atoms with van der Waals surface area (Å²) in [5.74, 6) is 0.319. The first kappa shape index (κ1) is 16.5. The third kappa shape index (κ3) is 3.43. The van der Waals surface area contributed by atoms with Crippen molar-refractivity contribution >= 4 is 28.1 Å². The Morgan fingerprint density at radius 2 is 2.08 bits per heavy atom. The molecule has 0 aliphatic rings. The van der Waals surface area contributed by atoms with Crippen LogP contribution < -0.4 is 15.8 Å². The number of nitrogens with zero attached hydrogens (tertiary/aromatic N) is 3. The van der Waals surface area contributed by atoms with Crippen LogP contribution in [-0.4, -0.2) is 16.1 Å². The predicted molar refractivity (Wildman–Crippen MR) is 94.1 cm³/mol. The van der Waals surface area contributed by atoms with Crippen LogP contribution in [0.15, 0.2) is 36.7 Å². The maximum atomic E-state index is 13.6. The molecule has 0 fully saturated rings. The molecule has 0 aliphatic heterocycles. The Morgan fingerprint density at radius 3 is 2.84 bits per heavy atom. The second-order valence-corrected chi connectivity index (χ2v) is 5.61. The van der Waals surface area contributed by atoms with Crippen LogP contribution in [0.4, 0.5) is 21.6 Å². The molecule has 6 nitrogen and oxygen atoms in total. The quantitative estimate of drug-likeness (QED) is 0.705. The van der Waals surface area contributed by atoms with Crippen molar-refractivity contribution in [2.45, 2.75) is 20.0 Å². The van der Waals surface area contributed by atoms with Gasteiger partial charge in [-0.15, -0.1) is 0 Å². The molecule has 1 aromatic heterocycles. The Hall–Kier alpha value is -3.40. The first-order valence-electron chi connectivity index (χ1n) is 7.61. The highest BCUT2D eigenvalue weighted by Crippen LogP contribution is 2.32. The van der Waals surface area contributed by atoms with Crippen molar-refractivity contribution in [3.05, 3.63) is 48.0 Å². The fourth-order valence-corrected chi connectivity index (χ4v) is 2.56. The molecule has 0 bridgehead atoms. The van der Waals surface area contributed by atoms with E-state index in [0.717, 1.165) is 10.9 Å². The summed E-state index contributed by atoms with van der Waals surface area (Å²) in [5.41, 5.74) is 8.59. The van der Waals surface area contributed by atoms with Crippen LogP contribution in [0.3, 0.4) is 0 Å². The standard InChI is InChI=1S/C18H16FN5O/c1-10-5-13(21)7-15-17(10)18(23-9-22-15)24-14-4-3-12(19)6-16(14)25-11(2)8-20/h3-7,9,11H,21H2,1-2H3,(H,22,23,24). The summed E-state index contributed by atoms with van der Waals surface area (Å²) in [4.78, 5) is 8.52. The van der Waals surface area contributed by atoms with Gasteiger partial charge in [-0.1, -0.05) is 0 Å². The Bertz CT molecular complexity index is 983. The Labute approximate surface area is 144 Å². The van der Waals surface area contributed by atoms with E-state index in [2.05, 4.69) is 15.3 Å². The van der Waals surface area contributed by atoms with Crippen LogP contribution in [0.1, 0.15) is 12.5 Å². The lowest BCUT2D eigenvalue weighted by Gasteiger charge is -2.15. The molecule has 1 heterocycles. The van der Waals surface area contributed by atoms with Crippen LogP contribution in [0.25, 0.3) is 10.9 Å². The average molecular weight is 337 g/mol. The minimum absolute atomic E-state index is 0.230. The van der Waals surface area contributed by atoms with Gasteiger partial charge in [-0.3, -0.25) is 0 Å². The second-order valence-electron chi connectivity index (χ2n) is 5.61. The zero-order chi connectivity index (χ0) is 18.0. The lowest BCUT2D eigenvalue weighted by atomic mass is 10.1. The summed E-state index contributed by atoms with van der Waals surface area (Å²) in [5, 5.41) is 12.9. The van der Waals surface area contributed by atoms with E-state index in [1.54, 1.807) is 13.0 Å². The van der Waals surface area contributed by atoms with Crippen molar-refractivity contribution in [2.24, 2.45) is 0 Å². The van der Waals surface area contributed by atoms with E-state index >= 15 is 0 Å². The SMILES string of the molecule is Cc1cc(N)cc2ncnc(Nc3ccc(F)cc3OC(C)C#N)c12. The van der Waals surface area contributed by atoms with E-state index < -0.39 is 11.9 Å². The zero-order valence-corrected chi connectivity index (χ0v) is 13.7. The molecule has 3 rings (SSSR count). The first-order valence-corrected chi connectivity index (χ1v) is 7.61. The molecule has 0 radical (unpaired) electrons. The number of nitriles is 1. The van der Waals surface area contributed by atoms with Gasteiger partial charge in [0.25, 0.3) is 0 Å². The summed E-state index contributed by atoms with van der Waals surface area (Å²) in [6, 6.07) is 9.62. The van der Waals surface area contributed by atoms with E-state index in [1.165, 1.54) is 24.5 Å². The second kappa shape index (κ2) is 6.61. The number of hydrogen-bond donors (Lipinski definition) is 2.